The van der Waals surface area contributed by atoms with E-state index in [-0.39, 0.29) is 5.91 Å². The molecule has 0 saturated heterocycles. The predicted octanol–water partition coefficient (Wildman–Crippen LogP) is 1.61. The van der Waals surface area contributed by atoms with Crippen molar-refractivity contribution in [3.63, 3.8) is 0 Å². The highest BCUT2D eigenvalue weighted by molar-refractivity contribution is 6.32. The topological polar surface area (TPSA) is 99.7 Å². The third kappa shape index (κ3) is 4.84. The van der Waals surface area contributed by atoms with E-state index >= 15 is 0 Å². The van der Waals surface area contributed by atoms with E-state index in [1.165, 1.54) is 11.2 Å². The summed E-state index contributed by atoms with van der Waals surface area (Å²) in [6, 6.07) is 0. The fraction of sp³-hybridized carbons (Fsp3) is 0.529. The van der Waals surface area contributed by atoms with E-state index in [4.69, 9.17) is 4.74 Å². The molecule has 2 amide bonds. The maximum Gasteiger partial charge on any atom is 0.410 e. The highest BCUT2D eigenvalue weighted by Gasteiger charge is 2.29. The Labute approximate surface area is 153 Å². The maximum atomic E-state index is 12.2. The second-order valence-corrected chi connectivity index (χ2v) is 7.24. The van der Waals surface area contributed by atoms with Gasteiger partial charge in [0.15, 0.2) is 0 Å². The van der Waals surface area contributed by atoms with E-state index in [0.29, 0.717) is 35.9 Å². The van der Waals surface area contributed by atoms with Crippen molar-refractivity contribution in [3.8, 4) is 0 Å². The van der Waals surface area contributed by atoms with Crippen molar-refractivity contribution < 1.29 is 14.3 Å². The first-order valence-electron chi connectivity index (χ1n) is 8.31. The monoisotopic (exact) mass is 362 g/mol. The van der Waals surface area contributed by atoms with Crippen LogP contribution >= 0.6 is 0 Å². The third-order valence-corrected chi connectivity index (χ3v) is 3.43. The Balaban J connectivity index is 2.05. The molecule has 2 rings (SSSR count). The van der Waals surface area contributed by atoms with Crippen molar-refractivity contribution in [1.29, 1.82) is 0 Å². The Kier molecular flexibility index (Phi) is 5.69. The molecule has 0 atom stereocenters. The fourth-order valence-corrected chi connectivity index (χ4v) is 2.31. The van der Waals surface area contributed by atoms with Crippen LogP contribution in [0.15, 0.2) is 12.5 Å². The van der Waals surface area contributed by atoms with Gasteiger partial charge < -0.3 is 25.2 Å². The number of aromatic nitrogens is 2. The summed E-state index contributed by atoms with van der Waals surface area (Å²) in [6.07, 6.45) is 2.72. The van der Waals surface area contributed by atoms with Gasteiger partial charge in [0.25, 0.3) is 5.91 Å². The van der Waals surface area contributed by atoms with Gasteiger partial charge >= 0.3 is 6.09 Å². The van der Waals surface area contributed by atoms with Crippen LogP contribution in [0.2, 0.25) is 0 Å². The van der Waals surface area contributed by atoms with Crippen LogP contribution in [-0.2, 0) is 9.53 Å². The van der Waals surface area contributed by atoms with E-state index < -0.39 is 11.7 Å². The molecule has 2 N–H and O–H groups in total. The van der Waals surface area contributed by atoms with E-state index in [1.807, 2.05) is 34.9 Å². The summed E-state index contributed by atoms with van der Waals surface area (Å²) in [4.78, 5) is 35.8. The number of nitrogens with one attached hydrogen (secondary N) is 2. The SMILES string of the molecule is CN(C)C=C1C(=O)Nc2ncnc(NCCN(C)C(=O)OC(C)(C)C)c21. The molecule has 0 saturated carbocycles. The van der Waals surface area contributed by atoms with Crippen LogP contribution in [0.25, 0.3) is 5.57 Å². The van der Waals surface area contributed by atoms with Crippen LogP contribution in [0, 0.1) is 0 Å². The lowest BCUT2D eigenvalue weighted by Crippen LogP contribution is -2.36. The molecule has 9 heteroatoms. The van der Waals surface area contributed by atoms with Gasteiger partial charge in [-0.15, -0.1) is 0 Å². The summed E-state index contributed by atoms with van der Waals surface area (Å²) < 4.78 is 5.32. The van der Waals surface area contributed by atoms with Gasteiger partial charge in [0.05, 0.1) is 11.1 Å². The highest BCUT2D eigenvalue weighted by Crippen LogP contribution is 2.34. The zero-order valence-corrected chi connectivity index (χ0v) is 16.1. The largest absolute Gasteiger partial charge is 0.444 e. The van der Waals surface area contributed by atoms with E-state index in [0.717, 1.165) is 0 Å². The van der Waals surface area contributed by atoms with E-state index in [2.05, 4.69) is 20.6 Å². The zero-order chi connectivity index (χ0) is 19.5. The first-order chi connectivity index (χ1) is 12.1. The van der Waals surface area contributed by atoms with Crippen LogP contribution in [-0.4, -0.2) is 71.6 Å². The van der Waals surface area contributed by atoms with Crippen molar-refractivity contribution in [3.05, 3.63) is 18.1 Å². The van der Waals surface area contributed by atoms with Crippen LogP contribution in [0.5, 0.6) is 0 Å². The summed E-state index contributed by atoms with van der Waals surface area (Å²) >= 11 is 0. The second kappa shape index (κ2) is 7.59. The smallest absolute Gasteiger partial charge is 0.410 e. The van der Waals surface area contributed by atoms with Gasteiger partial charge in [-0.3, -0.25) is 4.79 Å². The molecule has 0 unspecified atom stereocenters. The molecular formula is C17H26N6O3. The Hall–Kier alpha value is -2.84. The number of fused-ring (bicyclic) bond motifs is 1. The Morgan fingerprint density at radius 3 is 2.62 bits per heavy atom. The Bertz CT molecular complexity index is 724. The average molecular weight is 362 g/mol. The van der Waals surface area contributed by atoms with Crippen LogP contribution in [0.3, 0.4) is 0 Å². The molecule has 142 valence electrons. The predicted molar refractivity (Wildman–Crippen MR) is 99.7 cm³/mol. The zero-order valence-electron chi connectivity index (χ0n) is 16.1. The second-order valence-electron chi connectivity index (χ2n) is 7.24. The van der Waals surface area contributed by atoms with Gasteiger partial charge in [-0.1, -0.05) is 0 Å². The summed E-state index contributed by atoms with van der Waals surface area (Å²) in [5.74, 6) is 0.795. The quantitative estimate of drug-likeness (QED) is 0.768. The molecule has 26 heavy (non-hydrogen) atoms. The molecule has 0 spiro atoms. The number of hydrogen-bond donors (Lipinski definition) is 2. The van der Waals surface area contributed by atoms with Crippen molar-refractivity contribution in [1.82, 2.24) is 19.8 Å². The molecule has 1 aliphatic heterocycles. The van der Waals surface area contributed by atoms with Crippen LogP contribution in [0.1, 0.15) is 26.3 Å². The lowest BCUT2D eigenvalue weighted by Gasteiger charge is -2.24. The molecule has 1 aliphatic rings. The molecule has 9 nitrogen and oxygen atoms in total. The number of hydrogen-bond acceptors (Lipinski definition) is 7. The Morgan fingerprint density at radius 2 is 2.00 bits per heavy atom. The van der Waals surface area contributed by atoms with Gasteiger partial charge in [-0.2, -0.15) is 0 Å². The number of likely N-dealkylation sites (N-methyl/N-ethyl adjacent to an activating group) is 1. The minimum Gasteiger partial charge on any atom is -0.444 e. The van der Waals surface area contributed by atoms with Gasteiger partial charge in [-0.25, -0.2) is 14.8 Å². The van der Waals surface area contributed by atoms with E-state index in [9.17, 15) is 9.59 Å². The molecule has 1 aromatic heterocycles. The summed E-state index contributed by atoms with van der Waals surface area (Å²) in [5.41, 5.74) is 0.587. The van der Waals surface area contributed by atoms with Gasteiger partial charge in [-0.05, 0) is 20.8 Å². The number of ether oxygens (including phenoxy) is 1. The standard InChI is InChI=1S/C17H26N6O3/c1-17(2,3)26-16(25)23(6)8-7-18-13-12-11(9-22(4)5)15(24)21-14(12)20-10-19-13/h9-10H,7-8H2,1-6H3,(H2,18,19,20,21,24). The van der Waals surface area contributed by atoms with Gasteiger partial charge in [0.1, 0.15) is 23.6 Å². The molecule has 0 aliphatic carbocycles. The van der Waals surface area contributed by atoms with Gasteiger partial charge in [0.2, 0.25) is 0 Å². The Morgan fingerprint density at radius 1 is 1.31 bits per heavy atom. The van der Waals surface area contributed by atoms with Crippen molar-refractivity contribution in [2.45, 2.75) is 26.4 Å². The lowest BCUT2D eigenvalue weighted by molar-refractivity contribution is -0.110. The first-order valence-corrected chi connectivity index (χ1v) is 8.31. The summed E-state index contributed by atoms with van der Waals surface area (Å²) in [6.45, 7) is 6.34. The number of carbonyl (C=O) groups is 2. The minimum absolute atomic E-state index is 0.219. The van der Waals surface area contributed by atoms with Crippen molar-refractivity contribution in [2.24, 2.45) is 0 Å². The molecule has 0 aromatic carbocycles. The molecule has 1 aromatic rings. The number of anilines is 2. The third-order valence-electron chi connectivity index (χ3n) is 3.43. The van der Waals surface area contributed by atoms with Crippen molar-refractivity contribution >= 4 is 29.2 Å². The molecule has 0 radical (unpaired) electrons. The maximum absolute atomic E-state index is 12.2. The minimum atomic E-state index is -0.538. The number of carbonyl (C=O) groups excluding carboxylic acids is 2. The summed E-state index contributed by atoms with van der Waals surface area (Å²) in [5, 5.41) is 5.89. The average Bonchev–Trinajstić information content (AvgIpc) is 2.81. The first kappa shape index (κ1) is 19.5. The van der Waals surface area contributed by atoms with E-state index in [1.54, 1.807) is 18.1 Å². The number of nitrogens with zero attached hydrogens (tertiary/aromatic N) is 4. The highest BCUT2D eigenvalue weighted by atomic mass is 16.6. The lowest BCUT2D eigenvalue weighted by atomic mass is 10.1. The van der Waals surface area contributed by atoms with Crippen molar-refractivity contribution in [2.75, 3.05) is 44.9 Å². The van der Waals surface area contributed by atoms with Gasteiger partial charge in [0, 0.05) is 40.4 Å². The fourth-order valence-electron chi connectivity index (χ4n) is 2.31. The number of amides is 2. The normalized spacial score (nSPS) is 14.7. The molecular weight excluding hydrogens is 336 g/mol. The number of rotatable bonds is 5. The van der Waals surface area contributed by atoms with Crippen LogP contribution in [0.4, 0.5) is 16.4 Å². The summed E-state index contributed by atoms with van der Waals surface area (Å²) in [7, 11) is 5.35. The molecule has 2 heterocycles. The molecule has 0 bridgehead atoms. The van der Waals surface area contributed by atoms with Crippen LogP contribution < -0.4 is 10.6 Å². The molecule has 0 fully saturated rings.